The standard InChI is InChI=1S/C16H19NO2/c1-4-19-15(18)16(2,17-3)14-10-9-12-7-5-6-8-13(12)11-14/h5-11,17H,4H2,1-3H3. The van der Waals surface area contributed by atoms with Crippen LogP contribution in [0.2, 0.25) is 0 Å². The molecular weight excluding hydrogens is 238 g/mol. The van der Waals surface area contributed by atoms with Crippen molar-refractivity contribution in [2.45, 2.75) is 19.4 Å². The van der Waals surface area contributed by atoms with Gasteiger partial charge in [-0.25, -0.2) is 4.79 Å². The smallest absolute Gasteiger partial charge is 0.330 e. The number of benzene rings is 2. The fourth-order valence-electron chi connectivity index (χ4n) is 2.14. The largest absolute Gasteiger partial charge is 0.464 e. The average molecular weight is 257 g/mol. The summed E-state index contributed by atoms with van der Waals surface area (Å²) in [5, 5.41) is 5.35. The zero-order valence-corrected chi connectivity index (χ0v) is 11.6. The van der Waals surface area contributed by atoms with Crippen LogP contribution in [0.1, 0.15) is 19.4 Å². The molecule has 100 valence electrons. The summed E-state index contributed by atoms with van der Waals surface area (Å²) >= 11 is 0. The molecule has 3 nitrogen and oxygen atoms in total. The first kappa shape index (κ1) is 13.6. The second kappa shape index (κ2) is 5.41. The first-order chi connectivity index (χ1) is 9.11. The Morgan fingerprint density at radius 1 is 1.21 bits per heavy atom. The molecule has 0 bridgehead atoms. The summed E-state index contributed by atoms with van der Waals surface area (Å²) < 4.78 is 5.16. The Balaban J connectivity index is 2.48. The predicted octanol–water partition coefficient (Wildman–Crippen LogP) is 2.84. The highest BCUT2D eigenvalue weighted by Crippen LogP contribution is 2.26. The van der Waals surface area contributed by atoms with Crippen LogP contribution in [0.5, 0.6) is 0 Å². The van der Waals surface area contributed by atoms with E-state index in [-0.39, 0.29) is 5.97 Å². The van der Waals surface area contributed by atoms with E-state index < -0.39 is 5.54 Å². The Labute approximate surface area is 113 Å². The van der Waals surface area contributed by atoms with Gasteiger partial charge in [0.1, 0.15) is 5.54 Å². The molecule has 0 aliphatic heterocycles. The number of rotatable bonds is 4. The van der Waals surface area contributed by atoms with Crippen molar-refractivity contribution in [3.8, 4) is 0 Å². The number of hydrogen-bond acceptors (Lipinski definition) is 3. The lowest BCUT2D eigenvalue weighted by Gasteiger charge is -2.27. The lowest BCUT2D eigenvalue weighted by molar-refractivity contribution is -0.150. The molecule has 0 saturated heterocycles. The van der Waals surface area contributed by atoms with E-state index in [2.05, 4.69) is 11.4 Å². The van der Waals surface area contributed by atoms with E-state index in [1.54, 1.807) is 7.05 Å². The van der Waals surface area contributed by atoms with Crippen LogP contribution in [-0.4, -0.2) is 19.6 Å². The summed E-state index contributed by atoms with van der Waals surface area (Å²) in [5.41, 5.74) is 0.0900. The molecule has 2 aromatic rings. The van der Waals surface area contributed by atoms with Crippen LogP contribution >= 0.6 is 0 Å². The van der Waals surface area contributed by atoms with Crippen LogP contribution < -0.4 is 5.32 Å². The maximum absolute atomic E-state index is 12.1. The zero-order valence-electron chi connectivity index (χ0n) is 11.6. The Morgan fingerprint density at radius 2 is 1.89 bits per heavy atom. The maximum atomic E-state index is 12.1. The van der Waals surface area contributed by atoms with Crippen molar-refractivity contribution >= 4 is 16.7 Å². The first-order valence-electron chi connectivity index (χ1n) is 6.47. The molecule has 0 amide bonds. The number of nitrogens with one attached hydrogen (secondary N) is 1. The fraction of sp³-hybridized carbons (Fsp3) is 0.312. The van der Waals surface area contributed by atoms with Gasteiger partial charge in [-0.3, -0.25) is 0 Å². The summed E-state index contributed by atoms with van der Waals surface area (Å²) in [4.78, 5) is 12.1. The van der Waals surface area contributed by atoms with Gasteiger partial charge in [-0.2, -0.15) is 0 Å². The Bertz CT molecular complexity index is 594. The summed E-state index contributed by atoms with van der Waals surface area (Å²) in [6, 6.07) is 14.1. The average Bonchev–Trinajstić information content (AvgIpc) is 2.46. The van der Waals surface area contributed by atoms with Crippen LogP contribution in [0.15, 0.2) is 42.5 Å². The number of likely N-dealkylation sites (N-methyl/N-ethyl adjacent to an activating group) is 1. The number of hydrogen-bond donors (Lipinski definition) is 1. The quantitative estimate of drug-likeness (QED) is 0.856. The van der Waals surface area contributed by atoms with Gasteiger partial charge in [0, 0.05) is 0 Å². The molecule has 2 rings (SSSR count). The monoisotopic (exact) mass is 257 g/mol. The minimum Gasteiger partial charge on any atom is -0.464 e. The summed E-state index contributed by atoms with van der Waals surface area (Å²) in [6.07, 6.45) is 0. The van der Waals surface area contributed by atoms with Gasteiger partial charge < -0.3 is 10.1 Å². The highest BCUT2D eigenvalue weighted by Gasteiger charge is 2.35. The van der Waals surface area contributed by atoms with E-state index in [0.717, 1.165) is 16.3 Å². The third-order valence-corrected chi connectivity index (χ3v) is 3.51. The second-order valence-corrected chi connectivity index (χ2v) is 4.66. The molecule has 3 heteroatoms. The van der Waals surface area contributed by atoms with Crippen LogP contribution in [0.25, 0.3) is 10.8 Å². The lowest BCUT2D eigenvalue weighted by Crippen LogP contribution is -2.45. The molecule has 19 heavy (non-hydrogen) atoms. The number of carbonyl (C=O) groups is 1. The van der Waals surface area contributed by atoms with E-state index in [1.807, 2.05) is 50.2 Å². The summed E-state index contributed by atoms with van der Waals surface area (Å²) in [7, 11) is 1.77. The van der Waals surface area contributed by atoms with E-state index in [9.17, 15) is 4.79 Å². The molecule has 0 aliphatic rings. The van der Waals surface area contributed by atoms with Crippen molar-refractivity contribution in [3.63, 3.8) is 0 Å². The number of carbonyl (C=O) groups excluding carboxylic acids is 1. The molecule has 0 saturated carbocycles. The third kappa shape index (κ3) is 2.47. The molecule has 0 aromatic heterocycles. The van der Waals surface area contributed by atoms with E-state index in [4.69, 9.17) is 4.74 Å². The van der Waals surface area contributed by atoms with Crippen LogP contribution in [0.4, 0.5) is 0 Å². The van der Waals surface area contributed by atoms with Crippen LogP contribution in [0.3, 0.4) is 0 Å². The zero-order chi connectivity index (χ0) is 13.9. The molecule has 1 unspecified atom stereocenters. The Kier molecular flexibility index (Phi) is 3.86. The molecule has 1 N–H and O–H groups in total. The van der Waals surface area contributed by atoms with E-state index >= 15 is 0 Å². The summed E-state index contributed by atoms with van der Waals surface area (Å²) in [5.74, 6) is -0.257. The normalized spacial score (nSPS) is 14.1. The minimum absolute atomic E-state index is 0.257. The van der Waals surface area contributed by atoms with Crippen LogP contribution in [-0.2, 0) is 15.1 Å². The van der Waals surface area contributed by atoms with Crippen molar-refractivity contribution in [1.82, 2.24) is 5.32 Å². The number of ether oxygens (including phenoxy) is 1. The highest BCUT2D eigenvalue weighted by atomic mass is 16.5. The van der Waals surface area contributed by atoms with Gasteiger partial charge in [0.05, 0.1) is 6.61 Å². The topological polar surface area (TPSA) is 38.3 Å². The molecule has 1 atom stereocenters. The van der Waals surface area contributed by atoms with Gasteiger partial charge >= 0.3 is 5.97 Å². The third-order valence-electron chi connectivity index (χ3n) is 3.51. The van der Waals surface area contributed by atoms with Gasteiger partial charge in [-0.1, -0.05) is 36.4 Å². The van der Waals surface area contributed by atoms with E-state index in [0.29, 0.717) is 6.61 Å². The Morgan fingerprint density at radius 3 is 2.53 bits per heavy atom. The lowest BCUT2D eigenvalue weighted by atomic mass is 9.90. The fourth-order valence-corrected chi connectivity index (χ4v) is 2.14. The molecule has 0 fully saturated rings. The molecule has 2 aromatic carbocycles. The van der Waals surface area contributed by atoms with Crippen molar-refractivity contribution in [2.24, 2.45) is 0 Å². The van der Waals surface area contributed by atoms with Gasteiger partial charge in [0.15, 0.2) is 0 Å². The second-order valence-electron chi connectivity index (χ2n) is 4.66. The maximum Gasteiger partial charge on any atom is 0.330 e. The van der Waals surface area contributed by atoms with Gasteiger partial charge in [-0.15, -0.1) is 0 Å². The molecule has 0 heterocycles. The predicted molar refractivity (Wildman–Crippen MR) is 77.0 cm³/mol. The first-order valence-corrected chi connectivity index (χ1v) is 6.47. The van der Waals surface area contributed by atoms with Gasteiger partial charge in [-0.05, 0) is 43.3 Å². The molecule has 0 radical (unpaired) electrons. The van der Waals surface area contributed by atoms with Gasteiger partial charge in [0.2, 0.25) is 0 Å². The highest BCUT2D eigenvalue weighted by molar-refractivity contribution is 5.87. The van der Waals surface area contributed by atoms with Crippen molar-refractivity contribution in [3.05, 3.63) is 48.0 Å². The van der Waals surface area contributed by atoms with Gasteiger partial charge in [0.25, 0.3) is 0 Å². The SMILES string of the molecule is CCOC(=O)C(C)(NC)c1ccc2ccccc2c1. The number of esters is 1. The number of fused-ring (bicyclic) bond motifs is 1. The Hall–Kier alpha value is -1.87. The molecule has 0 spiro atoms. The van der Waals surface area contributed by atoms with Crippen LogP contribution in [0, 0.1) is 0 Å². The minimum atomic E-state index is -0.819. The molecule has 0 aliphatic carbocycles. The van der Waals surface area contributed by atoms with Crippen molar-refractivity contribution in [1.29, 1.82) is 0 Å². The molecular formula is C16H19NO2. The summed E-state index contributed by atoms with van der Waals surface area (Å²) in [6.45, 7) is 4.03. The van der Waals surface area contributed by atoms with E-state index in [1.165, 1.54) is 0 Å². The van der Waals surface area contributed by atoms with Crippen molar-refractivity contribution in [2.75, 3.05) is 13.7 Å². The van der Waals surface area contributed by atoms with Crippen molar-refractivity contribution < 1.29 is 9.53 Å².